The van der Waals surface area contributed by atoms with Gasteiger partial charge in [0.2, 0.25) is 0 Å². The number of halogens is 1. The molecule has 0 aromatic heterocycles. The molecular formula is C32H41ClN2O4. The van der Waals surface area contributed by atoms with Gasteiger partial charge in [-0.25, -0.2) is 0 Å². The summed E-state index contributed by atoms with van der Waals surface area (Å²) >= 11 is 6.19. The number of amides is 1. The quantitative estimate of drug-likeness (QED) is 0.278. The van der Waals surface area contributed by atoms with Crippen LogP contribution in [0.5, 0.6) is 11.5 Å². The van der Waals surface area contributed by atoms with E-state index in [4.69, 9.17) is 31.1 Å². The van der Waals surface area contributed by atoms with Crippen molar-refractivity contribution in [2.45, 2.75) is 79.1 Å². The molecule has 1 aliphatic rings. The average molecular weight is 553 g/mol. The molecule has 2 aromatic carbocycles. The van der Waals surface area contributed by atoms with Crippen LogP contribution in [0.2, 0.25) is 5.02 Å². The minimum Gasteiger partial charge on any atom is -0.493 e. The van der Waals surface area contributed by atoms with Crippen LogP contribution in [0.25, 0.3) is 0 Å². The molecule has 0 spiro atoms. The van der Waals surface area contributed by atoms with Crippen molar-refractivity contribution in [2.24, 2.45) is 10.8 Å². The highest BCUT2D eigenvalue weighted by molar-refractivity contribution is 6.31. The van der Waals surface area contributed by atoms with Crippen molar-refractivity contribution < 1.29 is 19.0 Å². The van der Waals surface area contributed by atoms with Crippen molar-refractivity contribution in [3.63, 3.8) is 0 Å². The van der Waals surface area contributed by atoms with Crippen molar-refractivity contribution in [1.82, 2.24) is 5.32 Å². The molecule has 0 atom stereocenters. The standard InChI is InChI=1S/C32H41ClN2O4/c1-21(2)15-17-38-30(3,4)16-18-37-24-12-9-22(10-13-24)27(36)35-28-31(5,6)29(32(28,7)8)39-25-14-11-23(20-34)26(33)19-25/h9-14,19,28-29H,1,15-18H2,2-8H3,(H,35,36). The van der Waals surface area contributed by atoms with Crippen LogP contribution in [0, 0.1) is 22.2 Å². The topological polar surface area (TPSA) is 80.6 Å². The predicted octanol–water partition coefficient (Wildman–Crippen LogP) is 7.35. The van der Waals surface area contributed by atoms with Crippen molar-refractivity contribution in [3.8, 4) is 17.6 Å². The highest BCUT2D eigenvalue weighted by Crippen LogP contribution is 2.55. The van der Waals surface area contributed by atoms with Gasteiger partial charge in [-0.1, -0.05) is 44.9 Å². The van der Waals surface area contributed by atoms with Crippen LogP contribution in [0.15, 0.2) is 54.6 Å². The van der Waals surface area contributed by atoms with Crippen LogP contribution in [0.1, 0.15) is 77.2 Å². The van der Waals surface area contributed by atoms with Crippen LogP contribution >= 0.6 is 11.6 Å². The monoisotopic (exact) mass is 552 g/mol. The Hall–Kier alpha value is -3.01. The molecule has 0 aliphatic heterocycles. The van der Waals surface area contributed by atoms with E-state index in [1.807, 2.05) is 19.1 Å². The van der Waals surface area contributed by atoms with Crippen LogP contribution < -0.4 is 14.8 Å². The van der Waals surface area contributed by atoms with E-state index in [-0.39, 0.29) is 34.5 Å². The molecule has 1 aliphatic carbocycles. The van der Waals surface area contributed by atoms with Gasteiger partial charge in [-0.15, -0.1) is 6.58 Å². The Bertz CT molecular complexity index is 1210. The molecule has 7 heteroatoms. The summed E-state index contributed by atoms with van der Waals surface area (Å²) in [7, 11) is 0. The minimum atomic E-state index is -0.332. The third-order valence-electron chi connectivity index (χ3n) is 7.54. The Morgan fingerprint density at radius 3 is 2.26 bits per heavy atom. The molecule has 1 fully saturated rings. The highest BCUT2D eigenvalue weighted by atomic mass is 35.5. The molecule has 0 radical (unpaired) electrons. The first-order valence-electron chi connectivity index (χ1n) is 13.4. The Kier molecular flexibility index (Phi) is 9.41. The molecule has 3 rings (SSSR count). The van der Waals surface area contributed by atoms with Gasteiger partial charge in [-0.2, -0.15) is 5.26 Å². The summed E-state index contributed by atoms with van der Waals surface area (Å²) < 4.78 is 18.2. The summed E-state index contributed by atoms with van der Waals surface area (Å²) in [4.78, 5) is 13.1. The maximum absolute atomic E-state index is 13.1. The summed E-state index contributed by atoms with van der Waals surface area (Å²) in [5.74, 6) is 1.18. The van der Waals surface area contributed by atoms with Crippen LogP contribution in [0.3, 0.4) is 0 Å². The third-order valence-corrected chi connectivity index (χ3v) is 7.85. The fourth-order valence-electron chi connectivity index (χ4n) is 5.50. The SMILES string of the molecule is C=C(C)CCOC(C)(C)CCOc1ccc(C(=O)NC2C(C)(C)C(Oc3ccc(C#N)c(Cl)c3)C2(C)C)cc1. The van der Waals surface area contributed by atoms with Gasteiger partial charge in [0.25, 0.3) is 5.91 Å². The van der Waals surface area contributed by atoms with Crippen molar-refractivity contribution in [2.75, 3.05) is 13.2 Å². The summed E-state index contributed by atoms with van der Waals surface area (Å²) in [6.07, 6.45) is 1.43. The predicted molar refractivity (Wildman–Crippen MR) is 155 cm³/mol. The Balaban J connectivity index is 1.55. The third kappa shape index (κ3) is 7.35. The van der Waals surface area contributed by atoms with E-state index in [1.165, 1.54) is 0 Å². The number of nitriles is 1. The van der Waals surface area contributed by atoms with E-state index in [0.717, 1.165) is 18.4 Å². The number of hydrogen-bond donors (Lipinski definition) is 1. The molecule has 210 valence electrons. The zero-order valence-corrected chi connectivity index (χ0v) is 24.9. The second-order valence-corrected chi connectivity index (χ2v) is 12.6. The average Bonchev–Trinajstić information content (AvgIpc) is 2.85. The first-order chi connectivity index (χ1) is 18.2. The first kappa shape index (κ1) is 30.5. The summed E-state index contributed by atoms with van der Waals surface area (Å²) in [6, 6.07) is 14.2. The van der Waals surface area contributed by atoms with Gasteiger partial charge in [-0.05, 0) is 63.6 Å². The van der Waals surface area contributed by atoms with Crippen molar-refractivity contribution in [3.05, 3.63) is 70.8 Å². The number of carbonyl (C=O) groups excluding carboxylic acids is 1. The van der Waals surface area contributed by atoms with E-state index >= 15 is 0 Å². The zero-order valence-electron chi connectivity index (χ0n) is 24.2. The molecule has 0 heterocycles. The van der Waals surface area contributed by atoms with E-state index in [0.29, 0.717) is 40.9 Å². The van der Waals surface area contributed by atoms with Gasteiger partial charge >= 0.3 is 0 Å². The minimum absolute atomic E-state index is 0.112. The molecule has 39 heavy (non-hydrogen) atoms. The summed E-state index contributed by atoms with van der Waals surface area (Å²) in [6.45, 7) is 19.5. The van der Waals surface area contributed by atoms with E-state index < -0.39 is 0 Å². The highest BCUT2D eigenvalue weighted by Gasteiger charge is 2.64. The van der Waals surface area contributed by atoms with Crippen molar-refractivity contribution in [1.29, 1.82) is 5.26 Å². The molecule has 1 saturated carbocycles. The number of nitrogens with zero attached hydrogens (tertiary/aromatic N) is 1. The van der Waals surface area contributed by atoms with Gasteiger partial charge in [0.15, 0.2) is 0 Å². The molecule has 0 bridgehead atoms. The smallest absolute Gasteiger partial charge is 0.251 e. The Morgan fingerprint density at radius 2 is 1.69 bits per heavy atom. The van der Waals surface area contributed by atoms with Gasteiger partial charge in [0, 0.05) is 34.9 Å². The van der Waals surface area contributed by atoms with Gasteiger partial charge in [0.1, 0.15) is 23.7 Å². The molecule has 0 saturated heterocycles. The maximum Gasteiger partial charge on any atom is 0.251 e. The lowest BCUT2D eigenvalue weighted by atomic mass is 9.49. The zero-order chi connectivity index (χ0) is 29.0. The largest absolute Gasteiger partial charge is 0.493 e. The second-order valence-electron chi connectivity index (χ2n) is 12.2. The fourth-order valence-corrected chi connectivity index (χ4v) is 5.71. The molecule has 2 aromatic rings. The molecular weight excluding hydrogens is 512 g/mol. The molecule has 1 amide bonds. The van der Waals surface area contributed by atoms with Crippen molar-refractivity contribution >= 4 is 17.5 Å². The first-order valence-corrected chi connectivity index (χ1v) is 13.7. The van der Waals surface area contributed by atoms with Crippen LogP contribution in [-0.4, -0.2) is 36.9 Å². The van der Waals surface area contributed by atoms with Gasteiger partial charge in [0.05, 0.1) is 29.4 Å². The summed E-state index contributed by atoms with van der Waals surface area (Å²) in [5.41, 5.74) is 1.14. The van der Waals surface area contributed by atoms with Crippen LogP contribution in [0.4, 0.5) is 0 Å². The number of carbonyl (C=O) groups is 1. The molecule has 6 nitrogen and oxygen atoms in total. The Morgan fingerprint density at radius 1 is 1.08 bits per heavy atom. The summed E-state index contributed by atoms with van der Waals surface area (Å²) in [5, 5.41) is 12.7. The molecule has 1 N–H and O–H groups in total. The Labute approximate surface area is 238 Å². The normalized spacial score (nSPS) is 19.4. The lowest BCUT2D eigenvalue weighted by molar-refractivity contribution is -0.164. The second kappa shape index (κ2) is 12.0. The number of hydrogen-bond acceptors (Lipinski definition) is 5. The lowest BCUT2D eigenvalue weighted by Crippen LogP contribution is -2.74. The molecule has 0 unspecified atom stereocenters. The van der Waals surface area contributed by atoms with Gasteiger partial charge in [-0.3, -0.25) is 4.79 Å². The van der Waals surface area contributed by atoms with E-state index in [9.17, 15) is 4.79 Å². The number of ether oxygens (including phenoxy) is 3. The van der Waals surface area contributed by atoms with E-state index in [1.54, 1.807) is 30.3 Å². The number of nitrogens with one attached hydrogen (secondary N) is 1. The van der Waals surface area contributed by atoms with Gasteiger partial charge < -0.3 is 19.5 Å². The lowest BCUT2D eigenvalue weighted by Gasteiger charge is -2.63. The fraction of sp³-hybridized carbons (Fsp3) is 0.500. The number of benzene rings is 2. The maximum atomic E-state index is 13.1. The number of rotatable bonds is 12. The van der Waals surface area contributed by atoms with E-state index in [2.05, 4.69) is 59.5 Å². The van der Waals surface area contributed by atoms with Crippen LogP contribution in [-0.2, 0) is 4.74 Å².